The molecule has 1 aliphatic carbocycles. The van der Waals surface area contributed by atoms with Crippen molar-refractivity contribution in [3.8, 4) is 11.4 Å². The van der Waals surface area contributed by atoms with Gasteiger partial charge in [0.05, 0.1) is 11.0 Å². The standard InChI is InChI=1S/C17H16FN3/c1-10-3-2-4-13(16(10)19)17-20-14-8-5-11(18)9-15(14)21(17)12-6-7-12/h2-5,8-9,12H,6-7,19H2,1H3. The molecule has 1 fully saturated rings. The number of aryl methyl sites for hydroxylation is 1. The molecule has 1 heterocycles. The molecule has 0 bridgehead atoms. The van der Waals surface area contributed by atoms with Gasteiger partial charge in [-0.2, -0.15) is 0 Å². The van der Waals surface area contributed by atoms with E-state index in [1.54, 1.807) is 12.1 Å². The lowest BCUT2D eigenvalue weighted by Gasteiger charge is -2.11. The number of hydrogen-bond donors (Lipinski definition) is 1. The van der Waals surface area contributed by atoms with Gasteiger partial charge >= 0.3 is 0 Å². The summed E-state index contributed by atoms with van der Waals surface area (Å²) < 4.78 is 15.7. The van der Waals surface area contributed by atoms with Crippen LogP contribution in [0.15, 0.2) is 36.4 Å². The normalized spacial score (nSPS) is 14.8. The Balaban J connectivity index is 2.04. The molecule has 0 radical (unpaired) electrons. The van der Waals surface area contributed by atoms with Crippen molar-refractivity contribution in [2.75, 3.05) is 5.73 Å². The zero-order valence-electron chi connectivity index (χ0n) is 11.8. The van der Waals surface area contributed by atoms with Crippen LogP contribution in [-0.2, 0) is 0 Å². The SMILES string of the molecule is Cc1cccc(-c2nc3ccc(F)cc3n2C2CC2)c1N. The van der Waals surface area contributed by atoms with E-state index in [2.05, 4.69) is 4.57 Å². The summed E-state index contributed by atoms with van der Waals surface area (Å²) in [7, 11) is 0. The van der Waals surface area contributed by atoms with Crippen molar-refractivity contribution >= 4 is 16.7 Å². The Morgan fingerprint density at radius 1 is 1.24 bits per heavy atom. The molecule has 0 aliphatic heterocycles. The van der Waals surface area contributed by atoms with E-state index in [4.69, 9.17) is 10.7 Å². The lowest BCUT2D eigenvalue weighted by Crippen LogP contribution is -2.01. The predicted molar refractivity (Wildman–Crippen MR) is 82.5 cm³/mol. The van der Waals surface area contributed by atoms with Gasteiger partial charge in [-0.3, -0.25) is 0 Å². The lowest BCUT2D eigenvalue weighted by atomic mass is 10.1. The molecule has 1 saturated carbocycles. The number of imidazole rings is 1. The van der Waals surface area contributed by atoms with E-state index < -0.39 is 0 Å². The molecule has 4 heteroatoms. The fourth-order valence-electron chi connectivity index (χ4n) is 2.83. The maximum Gasteiger partial charge on any atom is 0.143 e. The summed E-state index contributed by atoms with van der Waals surface area (Å²) in [6.45, 7) is 1.99. The first-order chi connectivity index (χ1) is 10.1. The number of nitrogens with two attached hydrogens (primary N) is 1. The van der Waals surface area contributed by atoms with E-state index in [0.717, 1.165) is 46.5 Å². The van der Waals surface area contributed by atoms with Gasteiger partial charge in [-0.15, -0.1) is 0 Å². The molecular formula is C17H16FN3. The average molecular weight is 281 g/mol. The van der Waals surface area contributed by atoms with E-state index in [1.165, 1.54) is 6.07 Å². The summed E-state index contributed by atoms with van der Waals surface area (Å²) in [6, 6.07) is 11.1. The van der Waals surface area contributed by atoms with Gasteiger partial charge in [-0.25, -0.2) is 9.37 Å². The highest BCUT2D eigenvalue weighted by Gasteiger charge is 2.29. The monoisotopic (exact) mass is 281 g/mol. The first-order valence-corrected chi connectivity index (χ1v) is 7.18. The number of benzene rings is 2. The third kappa shape index (κ3) is 1.90. The zero-order chi connectivity index (χ0) is 14.6. The minimum atomic E-state index is -0.229. The maximum absolute atomic E-state index is 13.6. The minimum absolute atomic E-state index is 0.229. The fourth-order valence-corrected chi connectivity index (χ4v) is 2.83. The Labute approximate surface area is 122 Å². The summed E-state index contributed by atoms with van der Waals surface area (Å²) in [6.07, 6.45) is 2.22. The first kappa shape index (κ1) is 12.4. The van der Waals surface area contributed by atoms with Gasteiger partial charge in [-0.05, 0) is 49.6 Å². The number of aromatic nitrogens is 2. The van der Waals surface area contributed by atoms with Crippen LogP contribution in [0.2, 0.25) is 0 Å². The Hall–Kier alpha value is -2.36. The molecule has 2 N–H and O–H groups in total. The molecule has 0 unspecified atom stereocenters. The number of nitrogen functional groups attached to an aromatic ring is 1. The summed E-state index contributed by atoms with van der Waals surface area (Å²) in [5, 5.41) is 0. The van der Waals surface area contributed by atoms with Crippen LogP contribution in [0, 0.1) is 12.7 Å². The quantitative estimate of drug-likeness (QED) is 0.720. The molecule has 0 amide bonds. The topological polar surface area (TPSA) is 43.8 Å². The maximum atomic E-state index is 13.6. The predicted octanol–water partition coefficient (Wildman–Crippen LogP) is 4.07. The van der Waals surface area contributed by atoms with Crippen molar-refractivity contribution in [2.45, 2.75) is 25.8 Å². The number of halogens is 1. The minimum Gasteiger partial charge on any atom is -0.398 e. The van der Waals surface area contributed by atoms with Crippen LogP contribution in [0.5, 0.6) is 0 Å². The number of nitrogens with zero attached hydrogens (tertiary/aromatic N) is 2. The van der Waals surface area contributed by atoms with Crippen molar-refractivity contribution in [2.24, 2.45) is 0 Å². The molecule has 0 atom stereocenters. The highest BCUT2D eigenvalue weighted by Crippen LogP contribution is 2.42. The number of anilines is 1. The van der Waals surface area contributed by atoms with Gasteiger partial charge in [0.25, 0.3) is 0 Å². The molecule has 106 valence electrons. The largest absolute Gasteiger partial charge is 0.398 e. The van der Waals surface area contributed by atoms with Crippen LogP contribution in [0.4, 0.5) is 10.1 Å². The van der Waals surface area contributed by atoms with Crippen LogP contribution >= 0.6 is 0 Å². The zero-order valence-corrected chi connectivity index (χ0v) is 11.8. The van der Waals surface area contributed by atoms with Crippen LogP contribution < -0.4 is 5.73 Å². The van der Waals surface area contributed by atoms with E-state index in [-0.39, 0.29) is 5.82 Å². The highest BCUT2D eigenvalue weighted by atomic mass is 19.1. The van der Waals surface area contributed by atoms with Gasteiger partial charge < -0.3 is 10.3 Å². The van der Waals surface area contributed by atoms with E-state index in [9.17, 15) is 4.39 Å². The number of rotatable bonds is 2. The van der Waals surface area contributed by atoms with Gasteiger partial charge in [0.15, 0.2) is 0 Å². The molecule has 3 aromatic rings. The summed E-state index contributed by atoms with van der Waals surface area (Å²) in [4.78, 5) is 4.70. The average Bonchev–Trinajstić information content (AvgIpc) is 3.23. The van der Waals surface area contributed by atoms with Gasteiger partial charge in [0, 0.05) is 17.3 Å². The second-order valence-corrected chi connectivity index (χ2v) is 5.71. The van der Waals surface area contributed by atoms with E-state index >= 15 is 0 Å². The second-order valence-electron chi connectivity index (χ2n) is 5.71. The Morgan fingerprint density at radius 3 is 2.81 bits per heavy atom. The van der Waals surface area contributed by atoms with Crippen LogP contribution in [0.25, 0.3) is 22.4 Å². The number of fused-ring (bicyclic) bond motifs is 1. The van der Waals surface area contributed by atoms with Crippen molar-refractivity contribution < 1.29 is 4.39 Å². The smallest absolute Gasteiger partial charge is 0.143 e. The highest BCUT2D eigenvalue weighted by molar-refractivity contribution is 5.84. The van der Waals surface area contributed by atoms with Crippen LogP contribution in [-0.4, -0.2) is 9.55 Å². The van der Waals surface area contributed by atoms with Gasteiger partial charge in [0.2, 0.25) is 0 Å². The van der Waals surface area contributed by atoms with Crippen molar-refractivity contribution in [3.63, 3.8) is 0 Å². The molecule has 4 rings (SSSR count). The molecule has 0 spiro atoms. The summed E-state index contributed by atoms with van der Waals surface area (Å²) in [5.41, 5.74) is 10.6. The number of hydrogen-bond acceptors (Lipinski definition) is 2. The van der Waals surface area contributed by atoms with Crippen LogP contribution in [0.1, 0.15) is 24.4 Å². The molecule has 0 saturated heterocycles. The summed E-state index contributed by atoms with van der Waals surface area (Å²) >= 11 is 0. The van der Waals surface area contributed by atoms with Gasteiger partial charge in [0.1, 0.15) is 11.6 Å². The fraction of sp³-hybridized carbons (Fsp3) is 0.235. The van der Waals surface area contributed by atoms with Crippen molar-refractivity contribution in [1.29, 1.82) is 0 Å². The Kier molecular flexibility index (Phi) is 2.55. The van der Waals surface area contributed by atoms with Gasteiger partial charge in [-0.1, -0.05) is 12.1 Å². The van der Waals surface area contributed by atoms with Crippen LogP contribution in [0.3, 0.4) is 0 Å². The molecule has 3 nitrogen and oxygen atoms in total. The molecule has 2 aromatic carbocycles. The van der Waals surface area contributed by atoms with Crippen molar-refractivity contribution in [3.05, 3.63) is 47.8 Å². The summed E-state index contributed by atoms with van der Waals surface area (Å²) in [5.74, 6) is 0.618. The Morgan fingerprint density at radius 2 is 2.05 bits per heavy atom. The molecular weight excluding hydrogens is 265 g/mol. The van der Waals surface area contributed by atoms with E-state index in [0.29, 0.717) is 6.04 Å². The van der Waals surface area contributed by atoms with Crippen molar-refractivity contribution in [1.82, 2.24) is 9.55 Å². The number of para-hydroxylation sites is 1. The van der Waals surface area contributed by atoms with E-state index in [1.807, 2.05) is 25.1 Å². The third-order valence-corrected chi connectivity index (χ3v) is 4.13. The molecule has 1 aromatic heterocycles. The molecule has 21 heavy (non-hydrogen) atoms. The molecule has 1 aliphatic rings. The second kappa shape index (κ2) is 4.32. The third-order valence-electron chi connectivity index (χ3n) is 4.13. The Bertz CT molecular complexity index is 847. The first-order valence-electron chi connectivity index (χ1n) is 7.18. The lowest BCUT2D eigenvalue weighted by molar-refractivity contribution is 0.628.